The highest BCUT2D eigenvalue weighted by molar-refractivity contribution is 5.92. The minimum absolute atomic E-state index is 0.0434. The van der Waals surface area contributed by atoms with E-state index in [1.165, 1.54) is 13.2 Å². The van der Waals surface area contributed by atoms with E-state index in [1.54, 1.807) is 12.1 Å². The third-order valence-electron chi connectivity index (χ3n) is 1.53. The molecule has 0 fully saturated rings. The van der Waals surface area contributed by atoms with Gasteiger partial charge in [-0.15, -0.1) is 0 Å². The van der Waals surface area contributed by atoms with Gasteiger partial charge in [0.15, 0.2) is 0 Å². The molecule has 0 atom stereocenters. The third kappa shape index (κ3) is 2.42. The first-order valence-corrected chi connectivity index (χ1v) is 3.82. The van der Waals surface area contributed by atoms with Crippen molar-refractivity contribution in [1.82, 2.24) is 0 Å². The van der Waals surface area contributed by atoms with E-state index in [4.69, 9.17) is 10.5 Å². The number of phenolic OH excluding ortho intramolecular Hbond substituents is 1. The highest BCUT2D eigenvalue weighted by Crippen LogP contribution is 2.22. The molecule has 0 unspecified atom stereocenters. The lowest BCUT2D eigenvalue weighted by atomic mass is 10.2. The fraction of sp³-hybridized carbons (Fsp3) is 0.100. The van der Waals surface area contributed by atoms with Crippen molar-refractivity contribution < 1.29 is 14.6 Å². The molecule has 0 bridgehead atoms. The van der Waals surface area contributed by atoms with Gasteiger partial charge in [0.2, 0.25) is 0 Å². The van der Waals surface area contributed by atoms with Crippen LogP contribution in [0.4, 0.5) is 0 Å². The van der Waals surface area contributed by atoms with Crippen LogP contribution in [-0.2, 0) is 4.79 Å². The van der Waals surface area contributed by atoms with Crippen LogP contribution in [0, 0.1) is 11.8 Å². The molecule has 72 valence electrons. The predicted molar refractivity (Wildman–Crippen MR) is 50.7 cm³/mol. The van der Waals surface area contributed by atoms with Crippen LogP contribution in [0.15, 0.2) is 18.2 Å². The zero-order chi connectivity index (χ0) is 10.6. The number of ether oxygens (including phenoxy) is 1. The Morgan fingerprint density at radius 1 is 1.57 bits per heavy atom. The number of hydrogen-bond acceptors (Lipinski definition) is 3. The molecule has 0 saturated heterocycles. The van der Waals surface area contributed by atoms with Gasteiger partial charge in [-0.1, -0.05) is 5.92 Å². The van der Waals surface area contributed by atoms with E-state index in [2.05, 4.69) is 11.8 Å². The first kappa shape index (κ1) is 9.93. The largest absolute Gasteiger partial charge is 0.507 e. The number of rotatable bonds is 1. The number of nitrogens with two attached hydrogens (primary N) is 1. The smallest absolute Gasteiger partial charge is 0.293 e. The number of amides is 1. The molecule has 4 heteroatoms. The molecular weight excluding hydrogens is 182 g/mol. The quantitative estimate of drug-likeness (QED) is 0.624. The standard InChI is InChI=1S/C10H9NO3/c1-14-8-4-2-7(9(12)6-8)3-5-10(11)13/h2,4,6,12H,1H3,(H2,11,13). The van der Waals surface area contributed by atoms with Gasteiger partial charge >= 0.3 is 0 Å². The summed E-state index contributed by atoms with van der Waals surface area (Å²) in [6, 6.07) is 4.58. The molecule has 1 aromatic rings. The van der Waals surface area contributed by atoms with Gasteiger partial charge in [0, 0.05) is 12.0 Å². The monoisotopic (exact) mass is 191 g/mol. The molecular formula is C10H9NO3. The molecule has 14 heavy (non-hydrogen) atoms. The van der Waals surface area contributed by atoms with Gasteiger partial charge in [-0.05, 0) is 12.1 Å². The number of aromatic hydroxyl groups is 1. The van der Waals surface area contributed by atoms with Crippen LogP contribution in [0.5, 0.6) is 11.5 Å². The van der Waals surface area contributed by atoms with E-state index in [9.17, 15) is 9.90 Å². The van der Waals surface area contributed by atoms with Crippen LogP contribution in [0.1, 0.15) is 5.56 Å². The Labute approximate surface area is 81.3 Å². The van der Waals surface area contributed by atoms with Crippen molar-refractivity contribution in [2.75, 3.05) is 7.11 Å². The highest BCUT2D eigenvalue weighted by Gasteiger charge is 1.99. The summed E-state index contributed by atoms with van der Waals surface area (Å²) < 4.78 is 4.88. The van der Waals surface area contributed by atoms with Crippen LogP contribution in [0.25, 0.3) is 0 Å². The fourth-order valence-electron chi connectivity index (χ4n) is 0.873. The van der Waals surface area contributed by atoms with Gasteiger partial charge in [-0.3, -0.25) is 4.79 Å². The topological polar surface area (TPSA) is 72.5 Å². The number of hydrogen-bond donors (Lipinski definition) is 2. The van der Waals surface area contributed by atoms with E-state index < -0.39 is 5.91 Å². The SMILES string of the molecule is COc1ccc(C#CC(N)=O)c(O)c1. The maximum absolute atomic E-state index is 10.3. The molecule has 1 rings (SSSR count). The molecule has 1 aromatic carbocycles. The Balaban J connectivity index is 3.02. The lowest BCUT2D eigenvalue weighted by Gasteiger charge is -2.00. The predicted octanol–water partition coefficient (Wildman–Crippen LogP) is 0.238. The van der Waals surface area contributed by atoms with Crippen LogP contribution in [-0.4, -0.2) is 18.1 Å². The van der Waals surface area contributed by atoms with Crippen molar-refractivity contribution in [3.05, 3.63) is 23.8 Å². The van der Waals surface area contributed by atoms with E-state index in [0.29, 0.717) is 11.3 Å². The normalized spacial score (nSPS) is 8.64. The summed E-state index contributed by atoms with van der Waals surface area (Å²) in [6.07, 6.45) is 0. The third-order valence-corrected chi connectivity index (χ3v) is 1.53. The average molecular weight is 191 g/mol. The van der Waals surface area contributed by atoms with Gasteiger partial charge in [-0.25, -0.2) is 0 Å². The van der Waals surface area contributed by atoms with E-state index in [0.717, 1.165) is 0 Å². The van der Waals surface area contributed by atoms with E-state index in [1.807, 2.05) is 0 Å². The number of primary amides is 1. The van der Waals surface area contributed by atoms with Crippen molar-refractivity contribution in [2.45, 2.75) is 0 Å². The Hall–Kier alpha value is -2.15. The maximum atomic E-state index is 10.3. The number of carbonyl (C=O) groups is 1. The summed E-state index contributed by atoms with van der Waals surface area (Å²) in [5.41, 5.74) is 5.17. The molecule has 0 saturated carbocycles. The summed E-state index contributed by atoms with van der Waals surface area (Å²) in [6.45, 7) is 0. The second kappa shape index (κ2) is 4.19. The van der Waals surface area contributed by atoms with Crippen molar-refractivity contribution in [3.8, 4) is 23.3 Å². The van der Waals surface area contributed by atoms with Crippen molar-refractivity contribution in [1.29, 1.82) is 0 Å². The molecule has 1 amide bonds. The highest BCUT2D eigenvalue weighted by atomic mass is 16.5. The lowest BCUT2D eigenvalue weighted by Crippen LogP contribution is -2.06. The van der Waals surface area contributed by atoms with Gasteiger partial charge in [0.25, 0.3) is 5.91 Å². The average Bonchev–Trinajstić information content (AvgIpc) is 2.15. The Bertz CT molecular complexity index is 415. The molecule has 0 aromatic heterocycles. The lowest BCUT2D eigenvalue weighted by molar-refractivity contribution is -0.112. The summed E-state index contributed by atoms with van der Waals surface area (Å²) >= 11 is 0. The maximum Gasteiger partial charge on any atom is 0.293 e. The minimum atomic E-state index is -0.736. The zero-order valence-corrected chi connectivity index (χ0v) is 7.57. The molecule has 0 heterocycles. The first-order chi connectivity index (χ1) is 6.63. The minimum Gasteiger partial charge on any atom is -0.507 e. The van der Waals surface area contributed by atoms with Crippen molar-refractivity contribution >= 4 is 5.91 Å². The molecule has 0 spiro atoms. The number of methoxy groups -OCH3 is 1. The number of benzene rings is 1. The van der Waals surface area contributed by atoms with E-state index >= 15 is 0 Å². The van der Waals surface area contributed by atoms with Crippen LogP contribution in [0.3, 0.4) is 0 Å². The second-order valence-corrected chi connectivity index (χ2v) is 2.50. The zero-order valence-electron chi connectivity index (χ0n) is 7.57. The second-order valence-electron chi connectivity index (χ2n) is 2.50. The van der Waals surface area contributed by atoms with Crippen LogP contribution in [0.2, 0.25) is 0 Å². The molecule has 0 aliphatic heterocycles. The Morgan fingerprint density at radius 2 is 2.29 bits per heavy atom. The van der Waals surface area contributed by atoms with E-state index in [-0.39, 0.29) is 5.75 Å². The number of phenols is 1. The first-order valence-electron chi connectivity index (χ1n) is 3.82. The van der Waals surface area contributed by atoms with Gasteiger partial charge in [-0.2, -0.15) is 0 Å². The molecule has 0 radical (unpaired) electrons. The molecule has 4 nitrogen and oxygen atoms in total. The Kier molecular flexibility index (Phi) is 2.97. The number of carbonyl (C=O) groups excluding carboxylic acids is 1. The van der Waals surface area contributed by atoms with Gasteiger partial charge < -0.3 is 15.6 Å². The summed E-state index contributed by atoms with van der Waals surface area (Å²) in [7, 11) is 1.49. The van der Waals surface area contributed by atoms with Crippen LogP contribution < -0.4 is 10.5 Å². The fourth-order valence-corrected chi connectivity index (χ4v) is 0.873. The summed E-state index contributed by atoms with van der Waals surface area (Å²) in [5.74, 6) is 4.30. The van der Waals surface area contributed by atoms with Crippen molar-refractivity contribution in [3.63, 3.8) is 0 Å². The van der Waals surface area contributed by atoms with Gasteiger partial charge in [0.05, 0.1) is 12.7 Å². The molecule has 0 aliphatic carbocycles. The van der Waals surface area contributed by atoms with Crippen molar-refractivity contribution in [2.24, 2.45) is 5.73 Å². The summed E-state index contributed by atoms with van der Waals surface area (Å²) in [5, 5.41) is 9.40. The van der Waals surface area contributed by atoms with Gasteiger partial charge in [0.1, 0.15) is 11.5 Å². The molecule has 3 N–H and O–H groups in total. The summed E-state index contributed by atoms with van der Waals surface area (Å²) in [4.78, 5) is 10.3. The van der Waals surface area contributed by atoms with Crippen LogP contribution >= 0.6 is 0 Å². The Morgan fingerprint density at radius 3 is 2.79 bits per heavy atom. The molecule has 0 aliphatic rings.